The molecule has 9 heteroatoms. The predicted molar refractivity (Wildman–Crippen MR) is 117 cm³/mol. The lowest BCUT2D eigenvalue weighted by atomic mass is 10.00. The molecule has 0 radical (unpaired) electrons. The Labute approximate surface area is 179 Å². The highest BCUT2D eigenvalue weighted by molar-refractivity contribution is 7.90. The van der Waals surface area contributed by atoms with Gasteiger partial charge in [0.05, 0.1) is 9.92 Å². The topological polar surface area (TPSA) is 75.2 Å². The van der Waals surface area contributed by atoms with Crippen LogP contribution in [0.2, 0.25) is 5.02 Å². The molecule has 1 aliphatic heterocycles. The highest BCUT2D eigenvalue weighted by atomic mass is 35.5. The molecule has 3 aromatic rings. The third-order valence-electron chi connectivity index (χ3n) is 4.69. The Hall–Kier alpha value is -2.97. The summed E-state index contributed by atoms with van der Waals surface area (Å²) >= 11 is 6.21. The minimum atomic E-state index is -3.31. The molecule has 2 heterocycles. The monoisotopic (exact) mass is 444 g/mol. The number of hydrogen-bond acceptors (Lipinski definition) is 6. The quantitative estimate of drug-likeness (QED) is 0.642. The van der Waals surface area contributed by atoms with Gasteiger partial charge in [0.2, 0.25) is 5.95 Å². The first kappa shape index (κ1) is 20.3. The number of anilines is 3. The minimum Gasteiger partial charge on any atom is -0.355 e. The number of sulfone groups is 1. The van der Waals surface area contributed by atoms with Crippen molar-refractivity contribution in [3.63, 3.8) is 0 Å². The van der Waals surface area contributed by atoms with Gasteiger partial charge < -0.3 is 10.2 Å². The fourth-order valence-corrected chi connectivity index (χ4v) is 4.22. The lowest BCUT2D eigenvalue weighted by Crippen LogP contribution is -2.25. The molecule has 0 fully saturated rings. The van der Waals surface area contributed by atoms with Crippen LogP contribution < -0.4 is 10.2 Å². The first-order valence-electron chi connectivity index (χ1n) is 9.02. The van der Waals surface area contributed by atoms with Crippen molar-refractivity contribution < 1.29 is 12.8 Å². The lowest BCUT2D eigenvalue weighted by molar-refractivity contribution is 0.602. The van der Waals surface area contributed by atoms with E-state index in [-0.39, 0.29) is 10.7 Å². The van der Waals surface area contributed by atoms with E-state index < -0.39 is 9.84 Å². The summed E-state index contributed by atoms with van der Waals surface area (Å²) in [7, 11) is -1.42. The summed E-state index contributed by atoms with van der Waals surface area (Å²) in [4.78, 5) is 11.1. The number of halogens is 2. The van der Waals surface area contributed by atoms with Gasteiger partial charge in [0.25, 0.3) is 0 Å². The van der Waals surface area contributed by atoms with Crippen LogP contribution in [0.5, 0.6) is 0 Å². The highest BCUT2D eigenvalue weighted by Gasteiger charge is 2.20. The largest absolute Gasteiger partial charge is 0.355 e. The van der Waals surface area contributed by atoms with E-state index in [1.165, 1.54) is 24.3 Å². The Balaban J connectivity index is 1.65. The molecule has 0 saturated heterocycles. The van der Waals surface area contributed by atoms with Crippen LogP contribution in [0.4, 0.5) is 21.8 Å². The van der Waals surface area contributed by atoms with Gasteiger partial charge >= 0.3 is 0 Å². The van der Waals surface area contributed by atoms with Crippen LogP contribution in [0.15, 0.2) is 53.6 Å². The number of nitrogens with zero attached hydrogens (tertiary/aromatic N) is 3. The van der Waals surface area contributed by atoms with Gasteiger partial charge in [-0.2, -0.15) is 4.98 Å². The van der Waals surface area contributed by atoms with E-state index in [1.807, 2.05) is 18.0 Å². The maximum absolute atomic E-state index is 13.4. The Bertz CT molecular complexity index is 1280. The average Bonchev–Trinajstić information content (AvgIpc) is 2.68. The number of benzene rings is 2. The molecule has 0 atom stereocenters. The van der Waals surface area contributed by atoms with Crippen LogP contribution in [0.25, 0.3) is 11.6 Å². The first-order chi connectivity index (χ1) is 14.2. The van der Waals surface area contributed by atoms with Crippen LogP contribution in [0.3, 0.4) is 0 Å². The van der Waals surface area contributed by atoms with Crippen molar-refractivity contribution in [1.82, 2.24) is 9.97 Å². The van der Waals surface area contributed by atoms with Crippen molar-refractivity contribution in [3.05, 3.63) is 70.6 Å². The number of nitrogens with one attached hydrogen (secondary N) is 1. The van der Waals surface area contributed by atoms with Crippen LogP contribution in [-0.4, -0.2) is 38.2 Å². The number of rotatable bonds is 4. The van der Waals surface area contributed by atoms with E-state index in [4.69, 9.17) is 11.6 Å². The molecule has 30 heavy (non-hydrogen) atoms. The normalized spacial score (nSPS) is 13.6. The van der Waals surface area contributed by atoms with Gasteiger partial charge in [0.15, 0.2) is 9.84 Å². The van der Waals surface area contributed by atoms with E-state index in [2.05, 4.69) is 15.3 Å². The summed E-state index contributed by atoms with van der Waals surface area (Å²) < 4.78 is 36.9. The lowest BCUT2D eigenvalue weighted by Gasteiger charge is -2.27. The summed E-state index contributed by atoms with van der Waals surface area (Å²) in [6, 6.07) is 10.8. The number of hydrogen-bond donors (Lipinski definition) is 1. The fraction of sp³-hybridized carbons (Fsp3) is 0.143. The molecular formula is C21H18ClFN4O2S. The second-order valence-electron chi connectivity index (χ2n) is 7.05. The van der Waals surface area contributed by atoms with E-state index >= 15 is 0 Å². The summed E-state index contributed by atoms with van der Waals surface area (Å²) in [5, 5.41) is 3.40. The second kappa shape index (κ2) is 7.70. The molecule has 1 N–H and O–H groups in total. The Morgan fingerprint density at radius 1 is 1.20 bits per heavy atom. The molecule has 0 amide bonds. The average molecular weight is 445 g/mol. The van der Waals surface area contributed by atoms with Gasteiger partial charge in [-0.05, 0) is 47.5 Å². The molecule has 0 bridgehead atoms. The summed E-state index contributed by atoms with van der Waals surface area (Å²) in [6.07, 6.45) is 4.77. The predicted octanol–water partition coefficient (Wildman–Crippen LogP) is 4.41. The van der Waals surface area contributed by atoms with E-state index in [9.17, 15) is 12.8 Å². The Morgan fingerprint density at radius 3 is 2.73 bits per heavy atom. The van der Waals surface area contributed by atoms with Crippen LogP contribution in [-0.2, 0) is 9.84 Å². The SMILES string of the molecule is CN1CC(c2ccc(F)cc2Cl)=Cc2cnc(Nc3cccc(S(C)(=O)=O)c3)nc21. The number of fused-ring (bicyclic) bond motifs is 1. The summed E-state index contributed by atoms with van der Waals surface area (Å²) in [6.45, 7) is 0.540. The van der Waals surface area contributed by atoms with E-state index in [0.29, 0.717) is 29.0 Å². The Morgan fingerprint density at radius 2 is 2.00 bits per heavy atom. The molecule has 0 aliphatic carbocycles. The highest BCUT2D eigenvalue weighted by Crippen LogP contribution is 2.34. The maximum atomic E-state index is 13.4. The Kier molecular flexibility index (Phi) is 5.21. The zero-order chi connectivity index (χ0) is 21.5. The fourth-order valence-electron chi connectivity index (χ4n) is 3.26. The van der Waals surface area contributed by atoms with Crippen molar-refractivity contribution in [1.29, 1.82) is 0 Å². The van der Waals surface area contributed by atoms with Gasteiger partial charge in [-0.15, -0.1) is 0 Å². The molecule has 0 unspecified atom stereocenters. The number of aromatic nitrogens is 2. The van der Waals surface area contributed by atoms with E-state index in [1.54, 1.807) is 24.4 Å². The van der Waals surface area contributed by atoms with Crippen molar-refractivity contribution in [2.45, 2.75) is 4.90 Å². The van der Waals surface area contributed by atoms with Crippen molar-refractivity contribution >= 4 is 50.5 Å². The first-order valence-corrected chi connectivity index (χ1v) is 11.3. The van der Waals surface area contributed by atoms with Gasteiger partial charge in [-0.25, -0.2) is 17.8 Å². The van der Waals surface area contributed by atoms with Crippen molar-refractivity contribution in [2.75, 3.05) is 30.1 Å². The molecule has 4 rings (SSSR count). The minimum absolute atomic E-state index is 0.214. The molecule has 2 aromatic carbocycles. The van der Waals surface area contributed by atoms with Crippen molar-refractivity contribution in [2.24, 2.45) is 0 Å². The summed E-state index contributed by atoms with van der Waals surface area (Å²) in [5.74, 6) is 0.685. The van der Waals surface area contributed by atoms with Crippen LogP contribution >= 0.6 is 11.6 Å². The molecule has 154 valence electrons. The molecular weight excluding hydrogens is 427 g/mol. The molecule has 0 spiro atoms. The second-order valence-corrected chi connectivity index (χ2v) is 9.47. The third kappa shape index (κ3) is 4.15. The molecule has 1 aromatic heterocycles. The van der Waals surface area contributed by atoms with E-state index in [0.717, 1.165) is 23.0 Å². The standard InChI is InChI=1S/C21H18ClFN4O2S/c1-27-12-14(18-7-6-15(23)9-19(18)22)8-13-11-24-21(26-20(13)27)25-16-4-3-5-17(10-16)30(2,28)29/h3-11H,12H2,1-2H3,(H,24,25,26). The van der Waals surface area contributed by atoms with Gasteiger partial charge in [0.1, 0.15) is 11.6 Å². The smallest absolute Gasteiger partial charge is 0.229 e. The molecule has 0 saturated carbocycles. The van der Waals surface area contributed by atoms with Crippen molar-refractivity contribution in [3.8, 4) is 0 Å². The van der Waals surface area contributed by atoms with Gasteiger partial charge in [-0.1, -0.05) is 23.7 Å². The summed E-state index contributed by atoms with van der Waals surface area (Å²) in [5.41, 5.74) is 3.07. The van der Waals surface area contributed by atoms with Crippen LogP contribution in [0, 0.1) is 5.82 Å². The van der Waals surface area contributed by atoms with Crippen LogP contribution in [0.1, 0.15) is 11.1 Å². The molecule has 6 nitrogen and oxygen atoms in total. The maximum Gasteiger partial charge on any atom is 0.229 e. The zero-order valence-corrected chi connectivity index (χ0v) is 17.8. The van der Waals surface area contributed by atoms with Gasteiger partial charge in [-0.3, -0.25) is 0 Å². The third-order valence-corrected chi connectivity index (χ3v) is 6.11. The zero-order valence-electron chi connectivity index (χ0n) is 16.2. The number of likely N-dealkylation sites (N-methyl/N-ethyl adjacent to an activating group) is 1. The van der Waals surface area contributed by atoms with Gasteiger partial charge in [0, 0.05) is 37.3 Å². The molecule has 1 aliphatic rings.